The topological polar surface area (TPSA) is 95.3 Å². The van der Waals surface area contributed by atoms with Gasteiger partial charge in [-0.05, 0) is 24.8 Å². The average molecular weight is 276 g/mol. The molecule has 1 saturated heterocycles. The molecule has 0 aliphatic carbocycles. The fourth-order valence-corrected chi connectivity index (χ4v) is 2.69. The lowest BCUT2D eigenvalue weighted by Crippen LogP contribution is -2.21. The maximum absolute atomic E-state index is 10.8. The Balaban J connectivity index is 1.84. The minimum Gasteiger partial charge on any atom is -0.396 e. The van der Waals surface area contributed by atoms with E-state index in [1.807, 2.05) is 0 Å². The van der Waals surface area contributed by atoms with Gasteiger partial charge >= 0.3 is 0 Å². The molecule has 3 rings (SSSR count). The van der Waals surface area contributed by atoms with Crippen LogP contribution in [0.25, 0.3) is 11.0 Å². The van der Waals surface area contributed by atoms with Crippen LogP contribution in [-0.2, 0) is 0 Å². The zero-order valence-electron chi connectivity index (χ0n) is 11.0. The van der Waals surface area contributed by atoms with Crippen molar-refractivity contribution in [2.24, 2.45) is 5.92 Å². The number of nitro benzene ring substituents is 1. The van der Waals surface area contributed by atoms with Crippen molar-refractivity contribution in [1.82, 2.24) is 9.97 Å². The summed E-state index contributed by atoms with van der Waals surface area (Å²) in [6.45, 7) is 1.97. The van der Waals surface area contributed by atoms with E-state index in [1.54, 1.807) is 6.07 Å². The van der Waals surface area contributed by atoms with E-state index in [2.05, 4.69) is 14.9 Å². The van der Waals surface area contributed by atoms with Crippen LogP contribution in [0.3, 0.4) is 0 Å². The van der Waals surface area contributed by atoms with Crippen molar-refractivity contribution < 1.29 is 10.0 Å². The van der Waals surface area contributed by atoms with E-state index in [0.717, 1.165) is 37.4 Å². The fourth-order valence-electron chi connectivity index (χ4n) is 2.69. The smallest absolute Gasteiger partial charge is 0.271 e. The third kappa shape index (κ3) is 2.32. The Morgan fingerprint density at radius 2 is 2.40 bits per heavy atom. The minimum atomic E-state index is -0.410. The molecule has 1 aliphatic heterocycles. The van der Waals surface area contributed by atoms with Crippen LogP contribution in [-0.4, -0.2) is 39.7 Å². The van der Waals surface area contributed by atoms with Crippen LogP contribution < -0.4 is 4.90 Å². The first-order chi connectivity index (χ1) is 9.67. The van der Waals surface area contributed by atoms with Crippen molar-refractivity contribution in [2.75, 3.05) is 24.6 Å². The van der Waals surface area contributed by atoms with E-state index in [4.69, 9.17) is 5.11 Å². The molecule has 7 heteroatoms. The predicted octanol–water partition coefficient (Wildman–Crippen LogP) is 1.68. The first-order valence-electron chi connectivity index (χ1n) is 6.67. The Bertz CT molecular complexity index is 640. The van der Waals surface area contributed by atoms with Crippen molar-refractivity contribution in [1.29, 1.82) is 0 Å². The number of aliphatic hydroxyl groups excluding tert-OH is 1. The highest BCUT2D eigenvalue weighted by Crippen LogP contribution is 2.26. The Kier molecular flexibility index (Phi) is 3.27. The van der Waals surface area contributed by atoms with Crippen LogP contribution in [0.5, 0.6) is 0 Å². The third-order valence-corrected chi connectivity index (χ3v) is 3.79. The molecule has 20 heavy (non-hydrogen) atoms. The van der Waals surface area contributed by atoms with Gasteiger partial charge < -0.3 is 15.0 Å². The highest BCUT2D eigenvalue weighted by Gasteiger charge is 2.24. The van der Waals surface area contributed by atoms with E-state index in [9.17, 15) is 10.1 Å². The lowest BCUT2D eigenvalue weighted by atomic mass is 10.1. The molecular formula is C13H16N4O3. The molecule has 1 aliphatic rings. The van der Waals surface area contributed by atoms with Gasteiger partial charge in [-0.1, -0.05) is 0 Å². The van der Waals surface area contributed by atoms with Gasteiger partial charge in [0.1, 0.15) is 0 Å². The number of aliphatic hydroxyl groups is 1. The molecule has 1 aromatic carbocycles. The Morgan fingerprint density at radius 3 is 3.15 bits per heavy atom. The standard InChI is InChI=1S/C13H16N4O3/c18-6-4-9-3-5-16(8-9)13-14-11-2-1-10(17(19)20)7-12(11)15-13/h1-2,7,9,18H,3-6,8H2,(H,14,15). The summed E-state index contributed by atoms with van der Waals surface area (Å²) in [4.78, 5) is 20.1. The van der Waals surface area contributed by atoms with Gasteiger partial charge in [-0.2, -0.15) is 0 Å². The van der Waals surface area contributed by atoms with Crippen molar-refractivity contribution in [3.8, 4) is 0 Å². The lowest BCUT2D eigenvalue weighted by Gasteiger charge is -2.14. The summed E-state index contributed by atoms with van der Waals surface area (Å²) in [7, 11) is 0. The normalized spacial score (nSPS) is 18.9. The summed E-state index contributed by atoms with van der Waals surface area (Å²) >= 11 is 0. The maximum Gasteiger partial charge on any atom is 0.271 e. The molecule has 0 radical (unpaired) electrons. The number of fused-ring (bicyclic) bond motifs is 1. The molecule has 1 fully saturated rings. The van der Waals surface area contributed by atoms with Crippen LogP contribution in [0.15, 0.2) is 18.2 Å². The molecule has 2 aromatic rings. The number of aromatic nitrogens is 2. The molecule has 1 unspecified atom stereocenters. The van der Waals surface area contributed by atoms with Gasteiger partial charge in [-0.15, -0.1) is 0 Å². The first kappa shape index (κ1) is 12.9. The molecule has 0 amide bonds. The molecule has 2 N–H and O–H groups in total. The number of non-ortho nitro benzene ring substituents is 1. The minimum absolute atomic E-state index is 0.0623. The maximum atomic E-state index is 10.8. The van der Waals surface area contributed by atoms with E-state index in [0.29, 0.717) is 11.4 Å². The number of hydrogen-bond donors (Lipinski definition) is 2. The summed E-state index contributed by atoms with van der Waals surface area (Å²) in [5.41, 5.74) is 1.48. The summed E-state index contributed by atoms with van der Waals surface area (Å²) in [5.74, 6) is 1.24. The zero-order valence-corrected chi connectivity index (χ0v) is 11.0. The number of hydrogen-bond acceptors (Lipinski definition) is 5. The number of nitrogens with zero attached hydrogens (tertiary/aromatic N) is 3. The number of imidazole rings is 1. The van der Waals surface area contributed by atoms with Gasteiger partial charge in [-0.25, -0.2) is 4.98 Å². The number of benzene rings is 1. The Morgan fingerprint density at radius 1 is 1.55 bits per heavy atom. The third-order valence-electron chi connectivity index (χ3n) is 3.79. The molecule has 2 heterocycles. The van der Waals surface area contributed by atoms with Crippen molar-refractivity contribution in [3.63, 3.8) is 0 Å². The molecule has 1 aromatic heterocycles. The summed E-state index contributed by atoms with van der Waals surface area (Å²) in [6.07, 6.45) is 1.85. The summed E-state index contributed by atoms with van der Waals surface area (Å²) in [5, 5.41) is 19.7. The molecular weight excluding hydrogens is 260 g/mol. The van der Waals surface area contributed by atoms with Gasteiger partial charge in [-0.3, -0.25) is 10.1 Å². The van der Waals surface area contributed by atoms with Crippen molar-refractivity contribution in [2.45, 2.75) is 12.8 Å². The van der Waals surface area contributed by atoms with E-state index >= 15 is 0 Å². The highest BCUT2D eigenvalue weighted by atomic mass is 16.6. The van der Waals surface area contributed by atoms with E-state index < -0.39 is 4.92 Å². The molecule has 0 saturated carbocycles. The van der Waals surface area contributed by atoms with Gasteiger partial charge in [0.15, 0.2) is 0 Å². The number of anilines is 1. The van der Waals surface area contributed by atoms with Gasteiger partial charge in [0.25, 0.3) is 5.69 Å². The van der Waals surface area contributed by atoms with Gasteiger partial charge in [0.2, 0.25) is 5.95 Å². The average Bonchev–Trinajstić information content (AvgIpc) is 3.03. The summed E-state index contributed by atoms with van der Waals surface area (Å²) in [6, 6.07) is 4.63. The molecule has 7 nitrogen and oxygen atoms in total. The van der Waals surface area contributed by atoms with Crippen molar-refractivity contribution in [3.05, 3.63) is 28.3 Å². The number of H-pyrrole nitrogens is 1. The lowest BCUT2D eigenvalue weighted by molar-refractivity contribution is -0.384. The highest BCUT2D eigenvalue weighted by molar-refractivity contribution is 5.80. The molecule has 0 bridgehead atoms. The Labute approximate surface area is 115 Å². The fraction of sp³-hybridized carbons (Fsp3) is 0.462. The number of nitro groups is 1. The molecule has 1 atom stereocenters. The number of nitrogens with one attached hydrogen (secondary N) is 1. The number of rotatable bonds is 4. The second kappa shape index (κ2) is 5.09. The monoisotopic (exact) mass is 276 g/mol. The zero-order chi connectivity index (χ0) is 14.1. The van der Waals surface area contributed by atoms with Crippen LogP contribution in [0.4, 0.5) is 11.6 Å². The van der Waals surface area contributed by atoms with Gasteiger partial charge in [0, 0.05) is 31.8 Å². The Hall–Kier alpha value is -2.15. The molecule has 106 valence electrons. The van der Waals surface area contributed by atoms with Crippen LogP contribution >= 0.6 is 0 Å². The summed E-state index contributed by atoms with van der Waals surface area (Å²) < 4.78 is 0. The second-order valence-corrected chi connectivity index (χ2v) is 5.13. The van der Waals surface area contributed by atoms with Gasteiger partial charge in [0.05, 0.1) is 16.0 Å². The van der Waals surface area contributed by atoms with Crippen molar-refractivity contribution >= 4 is 22.7 Å². The van der Waals surface area contributed by atoms with E-state index in [-0.39, 0.29) is 12.3 Å². The molecule has 0 spiro atoms. The number of aromatic amines is 1. The quantitative estimate of drug-likeness (QED) is 0.654. The first-order valence-corrected chi connectivity index (χ1v) is 6.67. The second-order valence-electron chi connectivity index (χ2n) is 5.13. The predicted molar refractivity (Wildman–Crippen MR) is 74.8 cm³/mol. The SMILES string of the molecule is O=[N+]([O-])c1ccc2nc(N3CCC(CCO)C3)[nH]c2c1. The van der Waals surface area contributed by atoms with Crippen LogP contribution in [0, 0.1) is 16.0 Å². The largest absolute Gasteiger partial charge is 0.396 e. The van der Waals surface area contributed by atoms with Crippen LogP contribution in [0.2, 0.25) is 0 Å². The van der Waals surface area contributed by atoms with E-state index in [1.165, 1.54) is 12.1 Å². The van der Waals surface area contributed by atoms with Crippen LogP contribution in [0.1, 0.15) is 12.8 Å².